The van der Waals surface area contributed by atoms with Crippen molar-refractivity contribution < 1.29 is 8.83 Å². The lowest BCUT2D eigenvalue weighted by Crippen LogP contribution is -2.09. The predicted molar refractivity (Wildman–Crippen MR) is 207 cm³/mol. The first-order valence-electron chi connectivity index (χ1n) is 17.3. The van der Waals surface area contributed by atoms with E-state index in [1.54, 1.807) is 0 Å². The van der Waals surface area contributed by atoms with E-state index in [9.17, 15) is 0 Å². The average Bonchev–Trinajstić information content (AvgIpc) is 3.76. The summed E-state index contributed by atoms with van der Waals surface area (Å²) in [4.78, 5) is 15.7. The van der Waals surface area contributed by atoms with Crippen LogP contribution in [0.15, 0.2) is 161 Å². The summed E-state index contributed by atoms with van der Waals surface area (Å²) in [6, 6.07) is 47.7. The fourth-order valence-electron chi connectivity index (χ4n) is 7.57. The van der Waals surface area contributed by atoms with Gasteiger partial charge in [0.15, 0.2) is 17.5 Å². The van der Waals surface area contributed by atoms with Crippen LogP contribution in [0, 0.1) is 5.92 Å². The minimum absolute atomic E-state index is 0.293. The smallest absolute Gasteiger partial charge is 0.165 e. The Morgan fingerprint density at radius 3 is 1.88 bits per heavy atom. The van der Waals surface area contributed by atoms with E-state index in [2.05, 4.69) is 116 Å². The third kappa shape index (κ3) is 4.97. The Balaban J connectivity index is 1.24. The first kappa shape index (κ1) is 29.3. The van der Waals surface area contributed by atoms with Gasteiger partial charge in [-0.15, -0.1) is 0 Å². The third-order valence-corrected chi connectivity index (χ3v) is 10.0. The molecular weight excluding hydrogens is 627 g/mol. The van der Waals surface area contributed by atoms with E-state index >= 15 is 0 Å². The van der Waals surface area contributed by atoms with Crippen molar-refractivity contribution in [1.29, 1.82) is 0 Å². The number of hydrogen-bond acceptors (Lipinski definition) is 5. The van der Waals surface area contributed by atoms with Gasteiger partial charge in [-0.3, -0.25) is 0 Å². The highest BCUT2D eigenvalue weighted by Crippen LogP contribution is 2.44. The molecule has 0 spiro atoms. The lowest BCUT2D eigenvalue weighted by atomic mass is 9.84. The highest BCUT2D eigenvalue weighted by Gasteiger charge is 2.25. The Morgan fingerprint density at radius 1 is 0.490 bits per heavy atom. The van der Waals surface area contributed by atoms with Crippen LogP contribution in [-0.4, -0.2) is 15.0 Å². The lowest BCUT2D eigenvalue weighted by Gasteiger charge is -2.22. The number of furan rings is 2. The van der Waals surface area contributed by atoms with E-state index in [0.29, 0.717) is 23.4 Å². The molecule has 0 fully saturated rings. The molecule has 0 saturated carbocycles. The van der Waals surface area contributed by atoms with Crippen LogP contribution in [0.4, 0.5) is 0 Å². The van der Waals surface area contributed by atoms with E-state index < -0.39 is 0 Å². The summed E-state index contributed by atoms with van der Waals surface area (Å²) in [5.41, 5.74) is 10.9. The zero-order valence-corrected chi connectivity index (χ0v) is 27.9. The number of nitrogens with zero attached hydrogens (tertiary/aromatic N) is 3. The normalized spacial score (nSPS) is 14.7. The van der Waals surface area contributed by atoms with Gasteiger partial charge in [-0.2, -0.15) is 0 Å². The zero-order valence-electron chi connectivity index (χ0n) is 27.9. The fourth-order valence-corrected chi connectivity index (χ4v) is 7.57. The molecule has 9 aromatic rings. The predicted octanol–water partition coefficient (Wildman–Crippen LogP) is 12.2. The number of fused-ring (bicyclic) bond motifs is 6. The first-order chi connectivity index (χ1) is 25.2. The van der Waals surface area contributed by atoms with Gasteiger partial charge in [0, 0.05) is 32.7 Å². The summed E-state index contributed by atoms with van der Waals surface area (Å²) in [5.74, 6) is 2.21. The highest BCUT2D eigenvalue weighted by molar-refractivity contribution is 6.16. The van der Waals surface area contributed by atoms with Gasteiger partial charge in [0.2, 0.25) is 0 Å². The Hall–Kier alpha value is -6.59. The van der Waals surface area contributed by atoms with E-state index in [1.165, 1.54) is 11.1 Å². The largest absolute Gasteiger partial charge is 0.456 e. The molecule has 3 heterocycles. The minimum Gasteiger partial charge on any atom is -0.456 e. The minimum atomic E-state index is 0.293. The van der Waals surface area contributed by atoms with Gasteiger partial charge in [0.05, 0.1) is 0 Å². The molecule has 0 amide bonds. The van der Waals surface area contributed by atoms with Gasteiger partial charge in [0.1, 0.15) is 22.3 Å². The highest BCUT2D eigenvalue weighted by atomic mass is 16.3. The Morgan fingerprint density at radius 2 is 1.10 bits per heavy atom. The van der Waals surface area contributed by atoms with Crippen molar-refractivity contribution >= 4 is 55.0 Å². The molecule has 3 aromatic heterocycles. The molecule has 0 saturated heterocycles. The summed E-state index contributed by atoms with van der Waals surface area (Å²) < 4.78 is 12.7. The van der Waals surface area contributed by atoms with Crippen LogP contribution in [0.2, 0.25) is 0 Å². The monoisotopic (exact) mass is 657 g/mol. The molecule has 5 nitrogen and oxygen atoms in total. The number of rotatable bonds is 5. The summed E-state index contributed by atoms with van der Waals surface area (Å²) in [7, 11) is 0. The number of allylic oxidation sites excluding steroid dienone is 4. The fraction of sp³-hybridized carbons (Fsp3) is 0.0652. The Kier molecular flexibility index (Phi) is 6.78. The molecule has 242 valence electrons. The quantitative estimate of drug-likeness (QED) is 0.184. The van der Waals surface area contributed by atoms with Gasteiger partial charge < -0.3 is 8.83 Å². The van der Waals surface area contributed by atoms with Crippen LogP contribution < -0.4 is 0 Å². The van der Waals surface area contributed by atoms with Crippen molar-refractivity contribution in [2.75, 3.05) is 0 Å². The maximum Gasteiger partial charge on any atom is 0.165 e. The molecule has 1 atom stereocenters. The maximum absolute atomic E-state index is 6.44. The Labute approximate surface area is 294 Å². The maximum atomic E-state index is 6.44. The van der Waals surface area contributed by atoms with Gasteiger partial charge >= 0.3 is 0 Å². The number of hydrogen-bond donors (Lipinski definition) is 0. The SMILES string of the molecule is CC1CC(c2nc(-c3ccccc3)nc(-c3c(-c4ccc5oc6ccccc6c5c4)ccc4oc5ccccc5c34)n2)=CC=C1c1ccccc1. The molecule has 1 aliphatic carbocycles. The van der Waals surface area contributed by atoms with E-state index in [-0.39, 0.29) is 0 Å². The zero-order chi connectivity index (χ0) is 33.9. The second-order valence-electron chi connectivity index (χ2n) is 13.2. The molecule has 0 aliphatic heterocycles. The molecule has 10 rings (SSSR count). The van der Waals surface area contributed by atoms with Crippen LogP contribution in [0.3, 0.4) is 0 Å². The number of benzene rings is 6. The molecule has 0 N–H and O–H groups in total. The van der Waals surface area contributed by atoms with Crippen molar-refractivity contribution in [3.8, 4) is 33.9 Å². The molecular formula is C46H31N3O2. The van der Waals surface area contributed by atoms with Gasteiger partial charge in [-0.1, -0.05) is 122 Å². The van der Waals surface area contributed by atoms with E-state index in [0.717, 1.165) is 78.1 Å². The molecule has 5 heteroatoms. The summed E-state index contributed by atoms with van der Waals surface area (Å²) in [6.07, 6.45) is 5.22. The molecule has 0 radical (unpaired) electrons. The third-order valence-electron chi connectivity index (χ3n) is 10.0. The molecule has 1 unspecified atom stereocenters. The van der Waals surface area contributed by atoms with Gasteiger partial charge in [-0.25, -0.2) is 15.0 Å². The second kappa shape index (κ2) is 11.8. The van der Waals surface area contributed by atoms with Crippen LogP contribution in [0.5, 0.6) is 0 Å². The van der Waals surface area contributed by atoms with Gasteiger partial charge in [0.25, 0.3) is 0 Å². The second-order valence-corrected chi connectivity index (χ2v) is 13.2. The average molecular weight is 658 g/mol. The van der Waals surface area contributed by atoms with Crippen molar-refractivity contribution in [1.82, 2.24) is 15.0 Å². The van der Waals surface area contributed by atoms with Gasteiger partial charge in [-0.05, 0) is 76.6 Å². The van der Waals surface area contributed by atoms with E-state index in [4.69, 9.17) is 23.8 Å². The van der Waals surface area contributed by atoms with Crippen molar-refractivity contribution in [3.05, 3.63) is 163 Å². The van der Waals surface area contributed by atoms with Crippen molar-refractivity contribution in [3.63, 3.8) is 0 Å². The first-order valence-corrected chi connectivity index (χ1v) is 17.3. The van der Waals surface area contributed by atoms with Crippen LogP contribution in [-0.2, 0) is 0 Å². The summed E-state index contributed by atoms with van der Waals surface area (Å²) in [6.45, 7) is 2.28. The molecule has 1 aliphatic rings. The molecule has 6 aromatic carbocycles. The lowest BCUT2D eigenvalue weighted by molar-refractivity contribution is 0.668. The summed E-state index contributed by atoms with van der Waals surface area (Å²) >= 11 is 0. The number of aromatic nitrogens is 3. The summed E-state index contributed by atoms with van der Waals surface area (Å²) in [5, 5.41) is 4.15. The molecule has 0 bridgehead atoms. The van der Waals surface area contributed by atoms with Crippen molar-refractivity contribution in [2.45, 2.75) is 13.3 Å². The van der Waals surface area contributed by atoms with Crippen molar-refractivity contribution in [2.24, 2.45) is 5.92 Å². The Bertz CT molecular complexity index is 2840. The number of para-hydroxylation sites is 2. The van der Waals surface area contributed by atoms with Crippen LogP contribution in [0.1, 0.15) is 24.7 Å². The molecule has 51 heavy (non-hydrogen) atoms. The van der Waals surface area contributed by atoms with E-state index in [1.807, 2.05) is 42.5 Å². The van der Waals surface area contributed by atoms with Crippen LogP contribution in [0.25, 0.3) is 88.9 Å². The standard InChI is InChI=1S/C46H31N3O2/c1-28-26-32(20-22-33(28)29-12-4-2-5-13-29)45-47-44(30-14-6-3-7-15-30)48-46(49-45)43-34(23-25-41-42(43)36-17-9-11-19-39(36)51-41)31-21-24-40-37(27-31)35-16-8-10-18-38(35)50-40/h2-25,27-28H,26H2,1H3. The topological polar surface area (TPSA) is 65.0 Å². The van der Waals surface area contributed by atoms with Crippen LogP contribution >= 0.6 is 0 Å².